The first-order valence-electron chi connectivity index (χ1n) is 2.49. The third-order valence-electron chi connectivity index (χ3n) is 1.05. The Hall–Kier alpha value is -0.274. The van der Waals surface area contributed by atoms with E-state index in [1.807, 2.05) is 31.2 Å². The summed E-state index contributed by atoms with van der Waals surface area (Å²) in [7, 11) is 0. The summed E-state index contributed by atoms with van der Waals surface area (Å²) in [5.41, 5.74) is 1.23. The Bertz CT molecular complexity index is 160. The zero-order valence-electron chi connectivity index (χ0n) is 4.64. The number of hydrogen-bond donors (Lipinski definition) is 0. The van der Waals surface area contributed by atoms with Gasteiger partial charge in [-0.15, -0.1) is 0 Å². The van der Waals surface area contributed by atoms with E-state index in [1.165, 1.54) is 5.56 Å². The van der Waals surface area contributed by atoms with Gasteiger partial charge in [0.15, 0.2) is 0 Å². The number of benzene rings is 1. The van der Waals surface area contributed by atoms with Gasteiger partial charge in [0.1, 0.15) is 0 Å². The van der Waals surface area contributed by atoms with E-state index < -0.39 is 0 Å². The fraction of sp³-hybridized carbons (Fsp3) is 0.143. The van der Waals surface area contributed by atoms with E-state index in [4.69, 9.17) is 0 Å². The van der Waals surface area contributed by atoms with Crippen molar-refractivity contribution in [3.8, 4) is 0 Å². The van der Waals surface area contributed by atoms with Crippen LogP contribution in [0, 0.1) is 6.92 Å². The Balaban J connectivity index is 3.13. The molecule has 0 fully saturated rings. The molecule has 0 aliphatic carbocycles. The Morgan fingerprint density at radius 3 is 2.25 bits per heavy atom. The molecule has 44 valence electrons. The summed E-state index contributed by atoms with van der Waals surface area (Å²) in [5, 5.41) is 0. The van der Waals surface area contributed by atoms with Crippen molar-refractivity contribution in [2.45, 2.75) is 6.92 Å². The molecule has 8 heavy (non-hydrogen) atoms. The molecule has 1 aromatic carbocycles. The summed E-state index contributed by atoms with van der Waals surface area (Å²) >= 11 is 4.25. The Kier molecular flexibility index (Phi) is 1.71. The van der Waals surface area contributed by atoms with Crippen LogP contribution in [0.4, 0.5) is 0 Å². The summed E-state index contributed by atoms with van der Waals surface area (Å²) in [5.74, 6) is 0. The summed E-state index contributed by atoms with van der Waals surface area (Å²) in [4.78, 5) is 0. The van der Waals surface area contributed by atoms with Gasteiger partial charge in [0.25, 0.3) is 0 Å². The van der Waals surface area contributed by atoms with Crippen molar-refractivity contribution in [1.82, 2.24) is 0 Å². The fourth-order valence-corrected chi connectivity index (χ4v) is 0.730. The molecule has 0 heterocycles. The van der Waals surface area contributed by atoms with Crippen molar-refractivity contribution in [2.24, 2.45) is 0 Å². The summed E-state index contributed by atoms with van der Waals surface area (Å²) < 4.78 is 1.06. The van der Waals surface area contributed by atoms with Gasteiger partial charge >= 0.3 is 57.0 Å². The molecule has 0 unspecified atom stereocenters. The van der Waals surface area contributed by atoms with E-state index in [-0.39, 0.29) is 0 Å². The predicted molar refractivity (Wildman–Crippen MR) is 30.8 cm³/mol. The average Bonchev–Trinajstić information content (AvgIpc) is 1.77. The zero-order valence-corrected chi connectivity index (χ0v) is 5.68. The summed E-state index contributed by atoms with van der Waals surface area (Å²) in [6, 6.07) is 8.01. The van der Waals surface area contributed by atoms with Crippen LogP contribution in [0.5, 0.6) is 0 Å². The first kappa shape index (κ1) is 5.86. The van der Waals surface area contributed by atoms with Crippen LogP contribution in [0.3, 0.4) is 0 Å². The normalized spacial score (nSPS) is 9.38. The molecule has 0 N–H and O–H groups in total. The van der Waals surface area contributed by atoms with Gasteiger partial charge in [-0.05, 0) is 0 Å². The fourth-order valence-electron chi connectivity index (χ4n) is 0.543. The molecule has 1 heteroatoms. The van der Waals surface area contributed by atoms with E-state index in [0.29, 0.717) is 0 Å². The molecular formula is C7H7Co. The van der Waals surface area contributed by atoms with Crippen molar-refractivity contribution in [3.63, 3.8) is 0 Å². The van der Waals surface area contributed by atoms with Gasteiger partial charge in [-0.25, -0.2) is 0 Å². The van der Waals surface area contributed by atoms with E-state index >= 15 is 0 Å². The van der Waals surface area contributed by atoms with Crippen LogP contribution in [0.2, 0.25) is 0 Å². The van der Waals surface area contributed by atoms with Gasteiger partial charge in [0, 0.05) is 0 Å². The Labute approximate surface area is 57.5 Å². The molecule has 0 saturated heterocycles. The van der Waals surface area contributed by atoms with E-state index in [1.54, 1.807) is 0 Å². The minimum atomic E-state index is 1.06. The monoisotopic (exact) mass is 150 g/mol. The van der Waals surface area contributed by atoms with Crippen LogP contribution in [0.15, 0.2) is 24.3 Å². The van der Waals surface area contributed by atoms with E-state index in [9.17, 15) is 0 Å². The molecule has 0 radical (unpaired) electrons. The number of aryl methyl sites for hydroxylation is 1. The predicted octanol–water partition coefficient (Wildman–Crippen LogP) is 1.17. The van der Waals surface area contributed by atoms with Gasteiger partial charge in [-0.1, -0.05) is 0 Å². The molecule has 0 atom stereocenters. The zero-order chi connectivity index (χ0) is 5.98. The van der Waals surface area contributed by atoms with Crippen LogP contribution in [-0.4, -0.2) is 0 Å². The first-order valence-corrected chi connectivity index (χ1v) is 3.01. The molecule has 0 aliphatic rings. The topological polar surface area (TPSA) is 0 Å². The second-order valence-corrected chi connectivity index (χ2v) is 2.29. The van der Waals surface area contributed by atoms with Gasteiger partial charge in [0.05, 0.1) is 0 Å². The second kappa shape index (κ2) is 2.33. The van der Waals surface area contributed by atoms with Crippen LogP contribution >= 0.6 is 0 Å². The van der Waals surface area contributed by atoms with Crippen molar-refractivity contribution in [3.05, 3.63) is 29.8 Å². The van der Waals surface area contributed by atoms with Crippen LogP contribution in [0.25, 0.3) is 0 Å². The van der Waals surface area contributed by atoms with Crippen molar-refractivity contribution < 1.29 is 15.7 Å². The number of rotatable bonds is 0. The first-order chi connectivity index (χ1) is 3.80. The third kappa shape index (κ3) is 1.11. The van der Waals surface area contributed by atoms with Crippen LogP contribution in [0.1, 0.15) is 5.56 Å². The molecule has 0 nitrogen and oxygen atoms in total. The van der Waals surface area contributed by atoms with E-state index in [2.05, 4.69) is 15.7 Å². The Morgan fingerprint density at radius 1 is 1.25 bits per heavy atom. The third-order valence-corrected chi connectivity index (χ3v) is 1.64. The average molecular weight is 150 g/mol. The molecule has 0 saturated carbocycles. The van der Waals surface area contributed by atoms with Crippen molar-refractivity contribution in [2.75, 3.05) is 0 Å². The van der Waals surface area contributed by atoms with Gasteiger partial charge in [0.2, 0.25) is 0 Å². The SMILES string of the molecule is Cc1cccc[c]1[Co]. The molecule has 1 aromatic rings. The minimum absolute atomic E-state index is 1.06. The molecular weight excluding hydrogens is 143 g/mol. The van der Waals surface area contributed by atoms with Crippen molar-refractivity contribution in [1.29, 1.82) is 0 Å². The molecule has 1 rings (SSSR count). The molecule has 0 amide bonds. The summed E-state index contributed by atoms with van der Waals surface area (Å²) in [6.07, 6.45) is 0. The standard InChI is InChI=1S/C7H7.Co/c1-7-5-3-2-4-6-7;/h2-5H,1H3;. The molecule has 0 aromatic heterocycles. The van der Waals surface area contributed by atoms with Gasteiger partial charge < -0.3 is 0 Å². The number of hydrogen-bond acceptors (Lipinski definition) is 0. The van der Waals surface area contributed by atoms with E-state index in [0.717, 1.165) is 4.50 Å². The Morgan fingerprint density at radius 2 is 1.88 bits per heavy atom. The molecule has 0 aliphatic heterocycles. The second-order valence-electron chi connectivity index (χ2n) is 1.73. The van der Waals surface area contributed by atoms with Crippen molar-refractivity contribution >= 4 is 4.50 Å². The molecule has 0 bridgehead atoms. The maximum atomic E-state index is 4.25. The van der Waals surface area contributed by atoms with Gasteiger partial charge in [-0.3, -0.25) is 0 Å². The summed E-state index contributed by atoms with van der Waals surface area (Å²) in [6.45, 7) is 2.04. The molecule has 0 spiro atoms. The maximum absolute atomic E-state index is 4.25. The van der Waals surface area contributed by atoms with Crippen LogP contribution < -0.4 is 4.50 Å². The van der Waals surface area contributed by atoms with Crippen LogP contribution in [-0.2, 0) is 15.7 Å². The van der Waals surface area contributed by atoms with Gasteiger partial charge in [-0.2, -0.15) is 0 Å². The quantitative estimate of drug-likeness (QED) is 0.520.